The van der Waals surface area contributed by atoms with Gasteiger partial charge in [-0.2, -0.15) is 0 Å². The summed E-state index contributed by atoms with van der Waals surface area (Å²) >= 11 is 7.50. The first kappa shape index (κ1) is 25.7. The number of thioether (sulfide) groups is 1. The molecular weight excluding hydrogens is 531 g/mol. The van der Waals surface area contributed by atoms with Gasteiger partial charge in [0.1, 0.15) is 11.2 Å². The van der Waals surface area contributed by atoms with Crippen LogP contribution in [-0.2, 0) is 4.79 Å². The van der Waals surface area contributed by atoms with E-state index >= 15 is 0 Å². The number of imidazole rings is 1. The van der Waals surface area contributed by atoms with Crippen molar-refractivity contribution < 1.29 is 14.0 Å². The summed E-state index contributed by atoms with van der Waals surface area (Å²) in [4.78, 5) is 32.6. The molecule has 1 aromatic carbocycles. The number of fused-ring (bicyclic) bond motifs is 1. The van der Waals surface area contributed by atoms with Gasteiger partial charge in [0.25, 0.3) is 11.8 Å². The van der Waals surface area contributed by atoms with Crippen LogP contribution in [0.4, 0.5) is 0 Å². The van der Waals surface area contributed by atoms with Crippen molar-refractivity contribution in [1.82, 2.24) is 19.6 Å². The number of nitrogens with one attached hydrogen (secondary N) is 1. The lowest BCUT2D eigenvalue weighted by Gasteiger charge is -2.31. The molecule has 0 unspecified atom stereocenters. The second-order valence-corrected chi connectivity index (χ2v) is 10.8. The van der Waals surface area contributed by atoms with Crippen molar-refractivity contribution in [2.24, 2.45) is 5.92 Å². The summed E-state index contributed by atoms with van der Waals surface area (Å²) in [6, 6.07) is 13.1. The number of benzene rings is 1. The van der Waals surface area contributed by atoms with Gasteiger partial charge in [0.05, 0.1) is 21.8 Å². The molecule has 37 heavy (non-hydrogen) atoms. The molecule has 7 nitrogen and oxygen atoms in total. The van der Waals surface area contributed by atoms with Crippen LogP contribution in [-0.4, -0.2) is 45.7 Å². The summed E-state index contributed by atoms with van der Waals surface area (Å²) in [6.07, 6.45) is 7.56. The zero-order valence-corrected chi connectivity index (χ0v) is 22.4. The fraction of sp³-hybridized carbons (Fsp3) is 0.296. The monoisotopic (exact) mass is 556 g/mol. The number of furan rings is 1. The fourth-order valence-electron chi connectivity index (χ4n) is 4.97. The third kappa shape index (κ3) is 5.23. The highest BCUT2D eigenvalue weighted by atomic mass is 35.5. The molecule has 0 spiro atoms. The zero-order chi connectivity index (χ0) is 24.6. The number of hydrogen-bond acceptors (Lipinski definition) is 5. The third-order valence-electron chi connectivity index (χ3n) is 6.91. The van der Waals surface area contributed by atoms with Crippen LogP contribution in [0.1, 0.15) is 41.9 Å². The molecule has 6 rings (SSSR count). The number of carbonyl (C=O) groups excluding carboxylic acids is 2. The predicted octanol–water partition coefficient (Wildman–Crippen LogP) is 6.05. The number of amides is 2. The van der Waals surface area contributed by atoms with Crippen molar-refractivity contribution in [2.45, 2.75) is 30.7 Å². The SMILES string of the molecule is Cl.O=C(NCCCC1CCN(C(=O)c2cc3ccc(Cl)cc3o2)CC1)C1=Cc2cnc3cccc(n23)S1. The molecule has 1 N–H and O–H groups in total. The highest BCUT2D eigenvalue weighted by molar-refractivity contribution is 8.04. The Bertz CT molecular complexity index is 1500. The van der Waals surface area contributed by atoms with Gasteiger partial charge in [-0.05, 0) is 68.0 Å². The summed E-state index contributed by atoms with van der Waals surface area (Å²) in [5.41, 5.74) is 2.45. The minimum absolute atomic E-state index is 0. The largest absolute Gasteiger partial charge is 0.451 e. The normalized spacial score (nSPS) is 15.5. The Morgan fingerprint density at radius 1 is 1.16 bits per heavy atom. The molecule has 3 aromatic heterocycles. The van der Waals surface area contributed by atoms with Crippen LogP contribution in [0.3, 0.4) is 0 Å². The number of hydrogen-bond donors (Lipinski definition) is 1. The Morgan fingerprint density at radius 2 is 2.00 bits per heavy atom. The smallest absolute Gasteiger partial charge is 0.289 e. The minimum atomic E-state index is -0.0664. The maximum atomic E-state index is 12.9. The van der Waals surface area contributed by atoms with Gasteiger partial charge in [0.2, 0.25) is 0 Å². The number of halogens is 2. The molecular formula is C27H26Cl2N4O3S. The molecule has 0 saturated carbocycles. The first-order valence-corrected chi connectivity index (χ1v) is 13.4. The first-order chi connectivity index (χ1) is 17.5. The molecule has 1 saturated heterocycles. The summed E-state index contributed by atoms with van der Waals surface area (Å²) in [5.74, 6) is 0.804. The molecule has 4 aromatic rings. The summed E-state index contributed by atoms with van der Waals surface area (Å²) in [7, 11) is 0. The number of pyridine rings is 1. The zero-order valence-electron chi connectivity index (χ0n) is 20.0. The number of carbonyl (C=O) groups is 2. The lowest BCUT2D eigenvalue weighted by atomic mass is 9.92. The quantitative estimate of drug-likeness (QED) is 0.292. The molecule has 5 heterocycles. The first-order valence-electron chi connectivity index (χ1n) is 12.2. The van der Waals surface area contributed by atoms with Gasteiger partial charge in [-0.3, -0.25) is 14.0 Å². The van der Waals surface area contributed by atoms with E-state index in [1.165, 1.54) is 11.8 Å². The Hall–Kier alpha value is -2.94. The fourth-order valence-corrected chi connectivity index (χ4v) is 6.14. The van der Waals surface area contributed by atoms with Crippen LogP contribution < -0.4 is 5.32 Å². The van der Waals surface area contributed by atoms with Crippen molar-refractivity contribution in [2.75, 3.05) is 19.6 Å². The van der Waals surface area contributed by atoms with E-state index in [1.807, 2.05) is 35.2 Å². The van der Waals surface area contributed by atoms with Crippen molar-refractivity contribution in [3.63, 3.8) is 0 Å². The van der Waals surface area contributed by atoms with Gasteiger partial charge in [-0.1, -0.05) is 29.4 Å². The maximum Gasteiger partial charge on any atom is 0.289 e. The average Bonchev–Trinajstić information content (AvgIpc) is 3.51. The Morgan fingerprint density at radius 3 is 2.84 bits per heavy atom. The number of aromatic nitrogens is 2. The number of likely N-dealkylation sites (tertiary alicyclic amines) is 1. The maximum absolute atomic E-state index is 12.9. The van der Waals surface area contributed by atoms with Crippen LogP contribution in [0.15, 0.2) is 63.0 Å². The van der Waals surface area contributed by atoms with Gasteiger partial charge in [-0.25, -0.2) is 4.98 Å². The molecule has 2 aliphatic heterocycles. The molecule has 0 radical (unpaired) electrons. The third-order valence-corrected chi connectivity index (χ3v) is 8.19. The number of piperidine rings is 1. The lowest BCUT2D eigenvalue weighted by Crippen LogP contribution is -2.38. The number of rotatable bonds is 6. The number of nitrogens with zero attached hydrogens (tertiary/aromatic N) is 3. The van der Waals surface area contributed by atoms with Crippen LogP contribution in [0.25, 0.3) is 22.7 Å². The van der Waals surface area contributed by atoms with Crippen LogP contribution in [0, 0.1) is 5.92 Å². The van der Waals surface area contributed by atoms with Crippen molar-refractivity contribution in [1.29, 1.82) is 0 Å². The van der Waals surface area contributed by atoms with E-state index in [1.54, 1.807) is 24.4 Å². The van der Waals surface area contributed by atoms with E-state index in [-0.39, 0.29) is 24.2 Å². The standard InChI is InChI=1S/C27H25ClN4O3S.ClH/c28-19-7-6-18-13-22(35-21(18)14-19)27(34)31-11-8-17(9-12-31)3-2-10-29-26(33)23-15-20-16-30-24-4-1-5-25(36-23)32(20)24;/h1,4-7,13-17H,2-3,8-12H2,(H,29,33);1H. The average molecular weight is 558 g/mol. The van der Waals surface area contributed by atoms with Gasteiger partial charge in [-0.15, -0.1) is 12.4 Å². The predicted molar refractivity (Wildman–Crippen MR) is 148 cm³/mol. The van der Waals surface area contributed by atoms with E-state index in [9.17, 15) is 9.59 Å². The Balaban J connectivity index is 0.00000280. The Labute approximate surface area is 229 Å². The highest BCUT2D eigenvalue weighted by Crippen LogP contribution is 2.34. The molecule has 0 atom stereocenters. The minimum Gasteiger partial charge on any atom is -0.451 e. The summed E-state index contributed by atoms with van der Waals surface area (Å²) in [6.45, 7) is 2.08. The molecule has 10 heteroatoms. The second kappa shape index (κ2) is 10.8. The lowest BCUT2D eigenvalue weighted by molar-refractivity contribution is -0.116. The molecule has 0 bridgehead atoms. The molecule has 2 amide bonds. The second-order valence-electron chi connectivity index (χ2n) is 9.28. The van der Waals surface area contributed by atoms with E-state index in [2.05, 4.69) is 14.7 Å². The highest BCUT2D eigenvalue weighted by Gasteiger charge is 2.26. The molecule has 192 valence electrons. The van der Waals surface area contributed by atoms with E-state index in [4.69, 9.17) is 16.0 Å². The van der Waals surface area contributed by atoms with E-state index in [0.29, 0.717) is 33.7 Å². The van der Waals surface area contributed by atoms with Crippen LogP contribution in [0.2, 0.25) is 5.02 Å². The molecule has 0 aliphatic carbocycles. The van der Waals surface area contributed by atoms with E-state index in [0.717, 1.165) is 60.5 Å². The molecule has 2 aliphatic rings. The van der Waals surface area contributed by atoms with E-state index < -0.39 is 0 Å². The van der Waals surface area contributed by atoms with Crippen molar-refractivity contribution in [3.05, 3.63) is 70.0 Å². The Kier molecular flexibility index (Phi) is 7.51. The van der Waals surface area contributed by atoms with Gasteiger partial charge in [0.15, 0.2) is 5.76 Å². The van der Waals surface area contributed by atoms with Gasteiger partial charge >= 0.3 is 0 Å². The topological polar surface area (TPSA) is 79.8 Å². The summed E-state index contributed by atoms with van der Waals surface area (Å²) < 4.78 is 7.80. The van der Waals surface area contributed by atoms with Crippen LogP contribution >= 0.6 is 35.8 Å². The summed E-state index contributed by atoms with van der Waals surface area (Å²) in [5, 5.41) is 5.54. The van der Waals surface area contributed by atoms with Crippen LogP contribution in [0.5, 0.6) is 0 Å². The molecule has 1 fully saturated rings. The van der Waals surface area contributed by atoms with Gasteiger partial charge in [0, 0.05) is 36.1 Å². The van der Waals surface area contributed by atoms with Crippen molar-refractivity contribution >= 4 is 70.3 Å². The van der Waals surface area contributed by atoms with Crippen molar-refractivity contribution in [3.8, 4) is 0 Å². The van der Waals surface area contributed by atoms with Gasteiger partial charge < -0.3 is 14.6 Å².